The Kier molecular flexibility index (Phi) is 4.76. The van der Waals surface area contributed by atoms with Crippen LogP contribution in [-0.2, 0) is 11.0 Å². The van der Waals surface area contributed by atoms with Crippen LogP contribution >= 0.6 is 0 Å². The van der Waals surface area contributed by atoms with E-state index in [0.717, 1.165) is 29.3 Å². The molecule has 1 unspecified atom stereocenters. The number of fused-ring (bicyclic) bond motifs is 1. The summed E-state index contributed by atoms with van der Waals surface area (Å²) in [7, 11) is 0. The Labute approximate surface area is 168 Å². The van der Waals surface area contributed by atoms with Crippen molar-refractivity contribution in [3.05, 3.63) is 76.9 Å². The minimum atomic E-state index is -4.47. The smallest absolute Gasteiger partial charge is 0.272 e. The number of nitrogens with zero attached hydrogens (tertiary/aromatic N) is 3. The largest absolute Gasteiger partial charge is 0.416 e. The summed E-state index contributed by atoms with van der Waals surface area (Å²) in [6.07, 6.45) is -3.95. The zero-order chi connectivity index (χ0) is 21.6. The van der Waals surface area contributed by atoms with Gasteiger partial charge in [-0.05, 0) is 42.8 Å². The molecule has 2 aromatic carbocycles. The Balaban J connectivity index is 1.72. The van der Waals surface area contributed by atoms with Gasteiger partial charge in [0.15, 0.2) is 6.17 Å². The average molecular weight is 419 g/mol. The van der Waals surface area contributed by atoms with Gasteiger partial charge in [-0.3, -0.25) is 9.79 Å². The van der Waals surface area contributed by atoms with E-state index in [2.05, 4.69) is 10.1 Å². The van der Waals surface area contributed by atoms with Gasteiger partial charge in [-0.2, -0.15) is 18.3 Å². The number of halogens is 5. The Morgan fingerprint density at radius 2 is 1.77 bits per heavy atom. The summed E-state index contributed by atoms with van der Waals surface area (Å²) in [5.41, 5.74) is 0.714. The van der Waals surface area contributed by atoms with E-state index in [1.54, 1.807) is 6.92 Å². The topological polar surface area (TPSA) is 45.0 Å². The SMILES string of the molecule is CC1=NN2C(=O)CC(c3ccc(C(F)(F)F)cc3)=NC2C=C1c1ccc(F)cc1F. The molecule has 2 aliphatic heterocycles. The Morgan fingerprint density at radius 1 is 1.07 bits per heavy atom. The van der Waals surface area contributed by atoms with Gasteiger partial charge < -0.3 is 0 Å². The van der Waals surface area contributed by atoms with E-state index in [9.17, 15) is 26.7 Å². The number of hydrazone groups is 1. The molecule has 9 heteroatoms. The van der Waals surface area contributed by atoms with Crippen molar-refractivity contribution in [2.24, 2.45) is 10.1 Å². The molecule has 4 nitrogen and oxygen atoms in total. The summed E-state index contributed by atoms with van der Waals surface area (Å²) >= 11 is 0. The van der Waals surface area contributed by atoms with Gasteiger partial charge in [0, 0.05) is 17.2 Å². The highest BCUT2D eigenvalue weighted by atomic mass is 19.4. The lowest BCUT2D eigenvalue weighted by Gasteiger charge is -2.32. The van der Waals surface area contributed by atoms with Crippen molar-refractivity contribution in [3.8, 4) is 0 Å². The van der Waals surface area contributed by atoms with Gasteiger partial charge in [0.05, 0.1) is 23.4 Å². The number of hydrogen-bond acceptors (Lipinski definition) is 3. The van der Waals surface area contributed by atoms with Crippen molar-refractivity contribution in [1.82, 2.24) is 5.01 Å². The molecule has 0 saturated carbocycles. The van der Waals surface area contributed by atoms with E-state index < -0.39 is 29.5 Å². The first-order chi connectivity index (χ1) is 14.1. The maximum atomic E-state index is 14.2. The fraction of sp³-hybridized carbons (Fsp3) is 0.190. The van der Waals surface area contributed by atoms with E-state index >= 15 is 0 Å². The van der Waals surface area contributed by atoms with E-state index in [-0.39, 0.29) is 17.9 Å². The number of hydrogen-bond donors (Lipinski definition) is 0. The third-order valence-corrected chi connectivity index (χ3v) is 4.84. The maximum Gasteiger partial charge on any atom is 0.416 e. The van der Waals surface area contributed by atoms with Crippen molar-refractivity contribution in [2.75, 3.05) is 0 Å². The van der Waals surface area contributed by atoms with Crippen LogP contribution in [0.3, 0.4) is 0 Å². The van der Waals surface area contributed by atoms with Crippen LogP contribution in [0, 0.1) is 11.6 Å². The summed E-state index contributed by atoms with van der Waals surface area (Å²) in [6, 6.07) is 7.50. The molecular formula is C21H14F5N3O. The van der Waals surface area contributed by atoms with Crippen molar-refractivity contribution in [1.29, 1.82) is 0 Å². The minimum absolute atomic E-state index is 0.113. The molecule has 0 N–H and O–H groups in total. The van der Waals surface area contributed by atoms with Crippen LogP contribution in [0.25, 0.3) is 5.57 Å². The number of carbonyl (C=O) groups is 1. The molecule has 0 radical (unpaired) electrons. The van der Waals surface area contributed by atoms with E-state index in [1.165, 1.54) is 24.3 Å². The monoisotopic (exact) mass is 419 g/mol. The van der Waals surface area contributed by atoms with Crippen LogP contribution < -0.4 is 0 Å². The Morgan fingerprint density at radius 3 is 2.40 bits per heavy atom. The molecular weight excluding hydrogens is 405 g/mol. The van der Waals surface area contributed by atoms with E-state index in [0.29, 0.717) is 22.6 Å². The van der Waals surface area contributed by atoms with Gasteiger partial charge in [0.2, 0.25) is 0 Å². The summed E-state index contributed by atoms with van der Waals surface area (Å²) in [4.78, 5) is 17.0. The minimum Gasteiger partial charge on any atom is -0.272 e. The predicted octanol–water partition coefficient (Wildman–Crippen LogP) is 4.80. The van der Waals surface area contributed by atoms with Crippen LogP contribution in [-0.4, -0.2) is 28.5 Å². The van der Waals surface area contributed by atoms with Crippen LogP contribution in [0.2, 0.25) is 0 Å². The lowest BCUT2D eigenvalue weighted by atomic mass is 9.97. The van der Waals surface area contributed by atoms with Gasteiger partial charge in [0.25, 0.3) is 5.91 Å². The molecule has 1 amide bonds. The number of alkyl halides is 3. The van der Waals surface area contributed by atoms with Gasteiger partial charge in [-0.15, -0.1) is 0 Å². The molecule has 0 spiro atoms. The maximum absolute atomic E-state index is 14.2. The molecule has 0 bridgehead atoms. The molecule has 0 saturated heterocycles. The molecule has 0 aliphatic carbocycles. The highest BCUT2D eigenvalue weighted by molar-refractivity contribution is 6.24. The third-order valence-electron chi connectivity index (χ3n) is 4.84. The predicted molar refractivity (Wildman–Crippen MR) is 101 cm³/mol. The molecule has 154 valence electrons. The number of aliphatic imine (C=N–C) groups is 1. The van der Waals surface area contributed by atoms with Crippen LogP contribution in [0.4, 0.5) is 22.0 Å². The number of rotatable bonds is 2. The van der Waals surface area contributed by atoms with Gasteiger partial charge in [-0.25, -0.2) is 13.8 Å². The first-order valence-corrected chi connectivity index (χ1v) is 8.92. The standard InChI is InChI=1S/C21H14F5N3O/c1-11-16(15-7-6-14(22)8-17(15)23)9-19-27-18(10-20(30)29(19)28-11)12-2-4-13(5-3-12)21(24,25)26/h2-9,19H,10H2,1H3. The fourth-order valence-corrected chi connectivity index (χ4v) is 3.36. The molecule has 30 heavy (non-hydrogen) atoms. The lowest BCUT2D eigenvalue weighted by molar-refractivity contribution is -0.137. The third kappa shape index (κ3) is 3.62. The van der Waals surface area contributed by atoms with Gasteiger partial charge >= 0.3 is 6.18 Å². The van der Waals surface area contributed by atoms with Crippen molar-refractivity contribution in [2.45, 2.75) is 25.7 Å². The van der Waals surface area contributed by atoms with Gasteiger partial charge in [-0.1, -0.05) is 12.1 Å². The van der Waals surface area contributed by atoms with Gasteiger partial charge in [0.1, 0.15) is 11.6 Å². The first-order valence-electron chi connectivity index (χ1n) is 8.92. The summed E-state index contributed by atoms with van der Waals surface area (Å²) in [5, 5.41) is 5.34. The normalized spacial score (nSPS) is 19.1. The highest BCUT2D eigenvalue weighted by Crippen LogP contribution is 2.31. The number of benzene rings is 2. The second-order valence-corrected chi connectivity index (χ2v) is 6.87. The van der Waals surface area contributed by atoms with Crippen LogP contribution in [0.15, 0.2) is 58.6 Å². The molecule has 0 fully saturated rings. The molecule has 2 heterocycles. The quantitative estimate of drug-likeness (QED) is 0.645. The molecule has 0 aromatic heterocycles. The second-order valence-electron chi connectivity index (χ2n) is 6.87. The average Bonchev–Trinajstić information content (AvgIpc) is 2.68. The Hall–Kier alpha value is -3.36. The zero-order valence-electron chi connectivity index (χ0n) is 15.5. The fourth-order valence-electron chi connectivity index (χ4n) is 3.36. The van der Waals surface area contributed by atoms with Crippen LogP contribution in [0.5, 0.6) is 0 Å². The number of carbonyl (C=O) groups excluding carboxylic acids is 1. The molecule has 4 rings (SSSR count). The number of amides is 1. The number of allylic oxidation sites excluding steroid dienone is 1. The second kappa shape index (κ2) is 7.16. The van der Waals surface area contributed by atoms with Crippen LogP contribution in [0.1, 0.15) is 30.0 Å². The summed E-state index contributed by atoms with van der Waals surface area (Å²) < 4.78 is 65.8. The lowest BCUT2D eigenvalue weighted by Crippen LogP contribution is -2.42. The summed E-state index contributed by atoms with van der Waals surface area (Å²) in [5.74, 6) is -1.89. The molecule has 1 atom stereocenters. The Bertz CT molecular complexity index is 1120. The molecule has 2 aromatic rings. The highest BCUT2D eigenvalue weighted by Gasteiger charge is 2.34. The zero-order valence-corrected chi connectivity index (χ0v) is 15.5. The van der Waals surface area contributed by atoms with Crippen molar-refractivity contribution >= 4 is 22.9 Å². The van der Waals surface area contributed by atoms with E-state index in [4.69, 9.17) is 0 Å². The molecule has 2 aliphatic rings. The first kappa shape index (κ1) is 19.9. The summed E-state index contributed by atoms with van der Waals surface area (Å²) in [6.45, 7) is 1.59. The van der Waals surface area contributed by atoms with Crippen molar-refractivity contribution in [3.63, 3.8) is 0 Å². The van der Waals surface area contributed by atoms with E-state index in [1.807, 2.05) is 0 Å². The van der Waals surface area contributed by atoms with Crippen molar-refractivity contribution < 1.29 is 26.7 Å².